The molecule has 0 saturated carbocycles. The van der Waals surface area contributed by atoms with Crippen molar-refractivity contribution in [2.45, 2.75) is 12.8 Å². The Bertz CT molecular complexity index is 953. The molecular formula is C20H18Cl2N4O2. The van der Waals surface area contributed by atoms with Gasteiger partial charge in [-0.25, -0.2) is 0 Å². The lowest BCUT2D eigenvalue weighted by molar-refractivity contribution is -0.120. The summed E-state index contributed by atoms with van der Waals surface area (Å²) in [5.41, 5.74) is 1.24. The highest BCUT2D eigenvalue weighted by Crippen LogP contribution is 2.28. The molecule has 0 spiro atoms. The first kappa shape index (κ1) is 18.8. The lowest BCUT2D eigenvalue weighted by atomic mass is 9.96. The molecule has 144 valence electrons. The fraction of sp³-hybridized carbons (Fsp3) is 0.250. The maximum atomic E-state index is 12.6. The number of anilines is 2. The lowest BCUT2D eigenvalue weighted by Gasteiger charge is -2.31. The van der Waals surface area contributed by atoms with Gasteiger partial charge in [-0.2, -0.15) is 0 Å². The van der Waals surface area contributed by atoms with E-state index in [1.165, 1.54) is 0 Å². The van der Waals surface area contributed by atoms with E-state index in [9.17, 15) is 4.79 Å². The van der Waals surface area contributed by atoms with Crippen molar-refractivity contribution < 1.29 is 9.21 Å². The summed E-state index contributed by atoms with van der Waals surface area (Å²) < 4.78 is 5.33. The van der Waals surface area contributed by atoms with E-state index in [-0.39, 0.29) is 11.8 Å². The number of furan rings is 1. The van der Waals surface area contributed by atoms with Gasteiger partial charge in [0.15, 0.2) is 11.6 Å². The zero-order valence-electron chi connectivity index (χ0n) is 14.9. The van der Waals surface area contributed by atoms with Crippen molar-refractivity contribution in [2.75, 3.05) is 23.3 Å². The van der Waals surface area contributed by atoms with Crippen LogP contribution in [0.2, 0.25) is 10.0 Å². The van der Waals surface area contributed by atoms with Gasteiger partial charge in [-0.05, 0) is 55.3 Å². The molecule has 8 heteroatoms. The number of hydrogen-bond acceptors (Lipinski definition) is 5. The van der Waals surface area contributed by atoms with E-state index >= 15 is 0 Å². The van der Waals surface area contributed by atoms with Crippen LogP contribution in [-0.2, 0) is 4.79 Å². The molecule has 1 amide bonds. The van der Waals surface area contributed by atoms with Gasteiger partial charge in [0.25, 0.3) is 0 Å². The molecule has 1 N–H and O–H groups in total. The maximum Gasteiger partial charge on any atom is 0.227 e. The summed E-state index contributed by atoms with van der Waals surface area (Å²) in [6.07, 6.45) is 3.06. The maximum absolute atomic E-state index is 12.6. The Hall–Kier alpha value is -2.57. The molecule has 2 aromatic heterocycles. The summed E-state index contributed by atoms with van der Waals surface area (Å²) in [5, 5.41) is 12.4. The van der Waals surface area contributed by atoms with Gasteiger partial charge in [0.2, 0.25) is 5.91 Å². The Kier molecular flexibility index (Phi) is 5.50. The second kappa shape index (κ2) is 8.20. The van der Waals surface area contributed by atoms with Gasteiger partial charge in [0.05, 0.1) is 17.0 Å². The molecule has 3 heterocycles. The van der Waals surface area contributed by atoms with Gasteiger partial charge in [-0.3, -0.25) is 4.79 Å². The van der Waals surface area contributed by atoms with Crippen LogP contribution in [0, 0.1) is 5.92 Å². The van der Waals surface area contributed by atoms with Crippen molar-refractivity contribution in [2.24, 2.45) is 5.92 Å². The molecule has 0 atom stereocenters. The summed E-state index contributed by atoms with van der Waals surface area (Å²) in [6, 6.07) is 12.5. The average molecular weight is 417 g/mol. The van der Waals surface area contributed by atoms with Crippen LogP contribution in [0.3, 0.4) is 0 Å². The van der Waals surface area contributed by atoms with Gasteiger partial charge in [0, 0.05) is 24.0 Å². The van der Waals surface area contributed by atoms with Crippen LogP contribution in [0.15, 0.2) is 53.1 Å². The first-order chi connectivity index (χ1) is 13.6. The Morgan fingerprint density at radius 2 is 1.93 bits per heavy atom. The minimum absolute atomic E-state index is 0.0388. The molecule has 28 heavy (non-hydrogen) atoms. The second-order valence-electron chi connectivity index (χ2n) is 6.63. The van der Waals surface area contributed by atoms with Crippen molar-refractivity contribution >= 4 is 40.6 Å². The molecule has 1 aliphatic rings. The van der Waals surface area contributed by atoms with Crippen molar-refractivity contribution in [1.29, 1.82) is 0 Å². The minimum Gasteiger partial charge on any atom is -0.463 e. The molecule has 0 radical (unpaired) electrons. The Labute approximate surface area is 172 Å². The molecule has 3 aromatic rings. The van der Waals surface area contributed by atoms with E-state index in [1.54, 1.807) is 24.5 Å². The zero-order valence-corrected chi connectivity index (χ0v) is 16.5. The van der Waals surface area contributed by atoms with Crippen LogP contribution in [-0.4, -0.2) is 29.2 Å². The highest BCUT2D eigenvalue weighted by Gasteiger charge is 2.26. The summed E-state index contributed by atoms with van der Waals surface area (Å²) in [5.74, 6) is 1.37. The number of halogens is 2. The van der Waals surface area contributed by atoms with E-state index in [4.69, 9.17) is 27.6 Å². The topological polar surface area (TPSA) is 71.3 Å². The van der Waals surface area contributed by atoms with Gasteiger partial charge >= 0.3 is 0 Å². The van der Waals surface area contributed by atoms with E-state index in [0.29, 0.717) is 27.2 Å². The number of carbonyl (C=O) groups excluding carboxylic acids is 1. The fourth-order valence-corrected chi connectivity index (χ4v) is 3.59. The largest absolute Gasteiger partial charge is 0.463 e. The summed E-state index contributed by atoms with van der Waals surface area (Å²) in [6.45, 7) is 1.46. The predicted molar refractivity (Wildman–Crippen MR) is 110 cm³/mol. The smallest absolute Gasteiger partial charge is 0.227 e. The molecule has 1 fully saturated rings. The van der Waals surface area contributed by atoms with E-state index in [2.05, 4.69) is 20.4 Å². The lowest BCUT2D eigenvalue weighted by Crippen LogP contribution is -2.38. The monoisotopic (exact) mass is 416 g/mol. The molecule has 6 nitrogen and oxygen atoms in total. The first-order valence-electron chi connectivity index (χ1n) is 8.98. The SMILES string of the molecule is O=C(Nc1cc(Cl)ccc1Cl)C1CCN(c2ccc(-c3ccco3)nn2)CC1. The number of aromatic nitrogens is 2. The molecule has 0 bridgehead atoms. The quantitative estimate of drug-likeness (QED) is 0.654. The third-order valence-electron chi connectivity index (χ3n) is 4.80. The van der Waals surface area contributed by atoms with E-state index in [0.717, 1.165) is 31.7 Å². The van der Waals surface area contributed by atoms with Gasteiger partial charge in [-0.1, -0.05) is 23.2 Å². The normalized spacial score (nSPS) is 14.9. The third-order valence-corrected chi connectivity index (χ3v) is 5.36. The van der Waals surface area contributed by atoms with Crippen LogP contribution in [0.5, 0.6) is 0 Å². The van der Waals surface area contributed by atoms with Crippen LogP contribution >= 0.6 is 23.2 Å². The van der Waals surface area contributed by atoms with Crippen LogP contribution in [0.25, 0.3) is 11.5 Å². The minimum atomic E-state index is -0.0818. The number of nitrogens with one attached hydrogen (secondary N) is 1. The number of piperidine rings is 1. The number of amides is 1. The van der Waals surface area contributed by atoms with Gasteiger partial charge in [0.1, 0.15) is 5.69 Å². The van der Waals surface area contributed by atoms with Crippen LogP contribution in [0.4, 0.5) is 11.5 Å². The highest BCUT2D eigenvalue weighted by atomic mass is 35.5. The highest BCUT2D eigenvalue weighted by molar-refractivity contribution is 6.35. The van der Waals surface area contributed by atoms with Crippen LogP contribution in [0.1, 0.15) is 12.8 Å². The fourth-order valence-electron chi connectivity index (χ4n) is 3.25. The molecule has 0 unspecified atom stereocenters. The standard InChI is InChI=1S/C20H18Cl2N4O2/c21-14-3-4-15(22)17(12-14)23-20(27)13-7-9-26(10-8-13)19-6-5-16(24-25-19)18-2-1-11-28-18/h1-6,11-13H,7-10H2,(H,23,27). The number of carbonyl (C=O) groups is 1. The summed E-state index contributed by atoms with van der Waals surface area (Å²) >= 11 is 12.1. The van der Waals surface area contributed by atoms with Crippen molar-refractivity contribution in [1.82, 2.24) is 10.2 Å². The van der Waals surface area contributed by atoms with E-state index < -0.39 is 0 Å². The van der Waals surface area contributed by atoms with Crippen molar-refractivity contribution in [3.8, 4) is 11.5 Å². The Balaban J connectivity index is 1.35. The zero-order chi connectivity index (χ0) is 19.5. The predicted octanol–water partition coefficient (Wildman–Crippen LogP) is 4.90. The van der Waals surface area contributed by atoms with E-state index in [1.807, 2.05) is 24.3 Å². The Morgan fingerprint density at radius 3 is 2.61 bits per heavy atom. The molecule has 4 rings (SSSR count). The van der Waals surface area contributed by atoms with Crippen LogP contribution < -0.4 is 10.2 Å². The number of hydrogen-bond donors (Lipinski definition) is 1. The molecule has 1 saturated heterocycles. The second-order valence-corrected chi connectivity index (χ2v) is 7.47. The average Bonchev–Trinajstić information content (AvgIpc) is 3.26. The van der Waals surface area contributed by atoms with Crippen molar-refractivity contribution in [3.63, 3.8) is 0 Å². The summed E-state index contributed by atoms with van der Waals surface area (Å²) in [4.78, 5) is 14.7. The number of rotatable bonds is 4. The number of nitrogens with zero attached hydrogens (tertiary/aromatic N) is 3. The third kappa shape index (κ3) is 4.13. The first-order valence-corrected chi connectivity index (χ1v) is 9.74. The number of benzene rings is 1. The van der Waals surface area contributed by atoms with Crippen molar-refractivity contribution in [3.05, 3.63) is 58.8 Å². The molecular weight excluding hydrogens is 399 g/mol. The molecule has 1 aliphatic heterocycles. The molecule has 0 aliphatic carbocycles. The Morgan fingerprint density at radius 1 is 1.11 bits per heavy atom. The summed E-state index contributed by atoms with van der Waals surface area (Å²) in [7, 11) is 0. The molecule has 1 aromatic carbocycles. The van der Waals surface area contributed by atoms with Gasteiger partial charge in [-0.15, -0.1) is 10.2 Å². The van der Waals surface area contributed by atoms with Gasteiger partial charge < -0.3 is 14.6 Å².